The standard InChI is InChI=1S/C21H26N5O2/c1-26(11-5-2-6-12-26)13-14-28-21-20(18-7-3-4-10-25(18)24-21)23-17-9-8-16(22)15-19(17)27/h3-4,7-10,22H,2,5-6,11-15H2,1H3/q+1. The number of nitrogens with one attached hydrogen (secondary N) is 1. The van der Waals surface area contributed by atoms with Gasteiger partial charge in [0.2, 0.25) is 0 Å². The number of quaternary nitrogens is 1. The third-order valence-corrected chi connectivity index (χ3v) is 5.56. The number of likely N-dealkylation sites (tertiary alicyclic amines) is 1. The van der Waals surface area contributed by atoms with Crippen LogP contribution < -0.4 is 4.74 Å². The Morgan fingerprint density at radius 2 is 2.07 bits per heavy atom. The van der Waals surface area contributed by atoms with Gasteiger partial charge in [-0.05, 0) is 43.5 Å². The number of ketones is 1. The van der Waals surface area contributed by atoms with Crippen molar-refractivity contribution in [1.82, 2.24) is 9.61 Å². The van der Waals surface area contributed by atoms with Crippen LogP contribution in [0.25, 0.3) is 5.52 Å². The predicted molar refractivity (Wildman–Crippen MR) is 109 cm³/mol. The van der Waals surface area contributed by atoms with Crippen LogP contribution in [0.5, 0.6) is 5.88 Å². The summed E-state index contributed by atoms with van der Waals surface area (Å²) < 4.78 is 8.81. The Morgan fingerprint density at radius 1 is 1.25 bits per heavy atom. The molecule has 2 aromatic rings. The first-order chi connectivity index (χ1) is 13.5. The van der Waals surface area contributed by atoms with E-state index >= 15 is 0 Å². The summed E-state index contributed by atoms with van der Waals surface area (Å²) in [6.07, 6.45) is 9.01. The summed E-state index contributed by atoms with van der Waals surface area (Å²) in [5.41, 5.74) is 2.02. The number of allylic oxidation sites excluding steroid dienone is 2. The van der Waals surface area contributed by atoms with Gasteiger partial charge in [0.25, 0.3) is 5.88 Å². The molecule has 2 aromatic heterocycles. The minimum Gasteiger partial charge on any atom is -0.469 e. The highest BCUT2D eigenvalue weighted by Crippen LogP contribution is 2.32. The van der Waals surface area contributed by atoms with Gasteiger partial charge in [0, 0.05) is 11.9 Å². The fourth-order valence-electron chi connectivity index (χ4n) is 3.84. The minimum absolute atomic E-state index is 0.0839. The summed E-state index contributed by atoms with van der Waals surface area (Å²) in [4.78, 5) is 16.8. The van der Waals surface area contributed by atoms with Crippen LogP contribution in [0, 0.1) is 5.41 Å². The number of aliphatic imine (C=N–C) groups is 1. The maximum Gasteiger partial charge on any atom is 0.260 e. The van der Waals surface area contributed by atoms with E-state index in [9.17, 15) is 4.79 Å². The SMILES string of the molecule is C[N+]1(CCOc2nn3ccccc3c2N=C2C=CC(=N)CC2=O)CCCCC1. The number of rotatable bonds is 5. The summed E-state index contributed by atoms with van der Waals surface area (Å²) in [5.74, 6) is 0.296. The Kier molecular flexibility index (Phi) is 5.09. The molecule has 4 rings (SSSR count). The van der Waals surface area contributed by atoms with E-state index in [-0.39, 0.29) is 12.2 Å². The lowest BCUT2D eigenvalue weighted by Crippen LogP contribution is -2.50. The highest BCUT2D eigenvalue weighted by atomic mass is 16.5. The summed E-state index contributed by atoms with van der Waals surface area (Å²) in [7, 11) is 2.29. The van der Waals surface area contributed by atoms with Gasteiger partial charge in [0.1, 0.15) is 18.9 Å². The van der Waals surface area contributed by atoms with E-state index < -0.39 is 0 Å². The second kappa shape index (κ2) is 7.67. The molecule has 3 heterocycles. The van der Waals surface area contributed by atoms with Crippen LogP contribution in [0.3, 0.4) is 0 Å². The van der Waals surface area contributed by atoms with Gasteiger partial charge >= 0.3 is 0 Å². The van der Waals surface area contributed by atoms with E-state index in [0.717, 1.165) is 16.5 Å². The largest absolute Gasteiger partial charge is 0.469 e. The Morgan fingerprint density at radius 3 is 2.86 bits per heavy atom. The van der Waals surface area contributed by atoms with Gasteiger partial charge in [-0.1, -0.05) is 6.07 Å². The molecule has 0 amide bonds. The molecule has 0 saturated carbocycles. The molecule has 1 N–H and O–H groups in total. The normalized spacial score (nSPS) is 20.8. The van der Waals surface area contributed by atoms with Crippen LogP contribution in [0.4, 0.5) is 5.69 Å². The molecule has 1 saturated heterocycles. The molecule has 0 unspecified atom stereocenters. The lowest BCUT2D eigenvalue weighted by molar-refractivity contribution is -0.914. The molecule has 1 aliphatic heterocycles. The number of hydrogen-bond donors (Lipinski definition) is 1. The van der Waals surface area contributed by atoms with E-state index in [2.05, 4.69) is 17.1 Å². The van der Waals surface area contributed by atoms with Crippen LogP contribution in [-0.4, -0.2) is 64.6 Å². The Balaban J connectivity index is 1.59. The third kappa shape index (κ3) is 3.89. The quantitative estimate of drug-likeness (QED) is 0.810. The maximum atomic E-state index is 12.2. The van der Waals surface area contributed by atoms with Gasteiger partial charge in [0.05, 0.1) is 32.1 Å². The third-order valence-electron chi connectivity index (χ3n) is 5.56. The van der Waals surface area contributed by atoms with Crippen molar-refractivity contribution in [2.45, 2.75) is 25.7 Å². The number of carbonyl (C=O) groups excluding carboxylic acids is 1. The van der Waals surface area contributed by atoms with E-state index in [1.54, 1.807) is 16.7 Å². The summed E-state index contributed by atoms with van der Waals surface area (Å²) in [6, 6.07) is 5.73. The van der Waals surface area contributed by atoms with Gasteiger partial charge in [-0.3, -0.25) is 4.79 Å². The molecule has 0 bridgehead atoms. The van der Waals surface area contributed by atoms with Gasteiger partial charge in [-0.25, -0.2) is 9.51 Å². The molecule has 0 spiro atoms. The average Bonchev–Trinajstić information content (AvgIpc) is 3.02. The number of pyridine rings is 1. The minimum atomic E-state index is -0.153. The first kappa shape index (κ1) is 18.6. The zero-order chi connectivity index (χ0) is 19.6. The van der Waals surface area contributed by atoms with Crippen molar-refractivity contribution in [3.63, 3.8) is 0 Å². The number of hydrogen-bond acceptors (Lipinski definition) is 5. The molecule has 28 heavy (non-hydrogen) atoms. The first-order valence-electron chi connectivity index (χ1n) is 9.85. The molecule has 2 aliphatic rings. The monoisotopic (exact) mass is 380 g/mol. The zero-order valence-electron chi connectivity index (χ0n) is 16.2. The van der Waals surface area contributed by atoms with Crippen molar-refractivity contribution in [3.05, 3.63) is 36.5 Å². The maximum absolute atomic E-state index is 12.2. The summed E-state index contributed by atoms with van der Waals surface area (Å²) >= 11 is 0. The second-order valence-corrected chi connectivity index (χ2v) is 7.84. The number of likely N-dealkylation sites (N-methyl/N-ethyl adjacent to an activating group) is 1. The van der Waals surface area contributed by atoms with Gasteiger partial charge < -0.3 is 14.6 Å². The van der Waals surface area contributed by atoms with Gasteiger partial charge in [-0.2, -0.15) is 0 Å². The molecule has 7 heteroatoms. The number of nitrogens with zero attached hydrogens (tertiary/aromatic N) is 4. The van der Waals surface area contributed by atoms with E-state index in [4.69, 9.17) is 10.1 Å². The van der Waals surface area contributed by atoms with Gasteiger partial charge in [-0.15, -0.1) is 5.10 Å². The van der Waals surface area contributed by atoms with Crippen molar-refractivity contribution in [2.24, 2.45) is 4.99 Å². The first-order valence-corrected chi connectivity index (χ1v) is 9.85. The lowest BCUT2D eigenvalue weighted by Gasteiger charge is -2.37. The van der Waals surface area contributed by atoms with Crippen LogP contribution in [0.2, 0.25) is 0 Å². The predicted octanol–water partition coefficient (Wildman–Crippen LogP) is 2.96. The number of aromatic nitrogens is 2. The number of carbonyl (C=O) groups is 1. The van der Waals surface area contributed by atoms with E-state index in [1.807, 2.05) is 24.4 Å². The van der Waals surface area contributed by atoms with Gasteiger partial charge in [0.15, 0.2) is 11.5 Å². The lowest BCUT2D eigenvalue weighted by atomic mass is 10.0. The number of fused-ring (bicyclic) bond motifs is 1. The van der Waals surface area contributed by atoms with Crippen LogP contribution in [0.15, 0.2) is 41.5 Å². The Bertz CT molecular complexity index is 966. The van der Waals surface area contributed by atoms with E-state index in [0.29, 0.717) is 29.6 Å². The fraction of sp³-hybridized carbons (Fsp3) is 0.429. The van der Waals surface area contributed by atoms with Crippen molar-refractivity contribution in [1.29, 1.82) is 5.41 Å². The molecule has 7 nitrogen and oxygen atoms in total. The molecule has 0 aromatic carbocycles. The van der Waals surface area contributed by atoms with Crippen LogP contribution in [-0.2, 0) is 4.79 Å². The molecule has 146 valence electrons. The highest BCUT2D eigenvalue weighted by Gasteiger charge is 2.25. The molecular formula is C21H26N5O2+. The topological polar surface area (TPSA) is 79.8 Å². The van der Waals surface area contributed by atoms with Crippen molar-refractivity contribution in [3.8, 4) is 5.88 Å². The molecule has 0 radical (unpaired) electrons. The summed E-state index contributed by atoms with van der Waals surface area (Å²) in [5, 5.41) is 12.2. The molecular weight excluding hydrogens is 354 g/mol. The van der Waals surface area contributed by atoms with Crippen LogP contribution in [0.1, 0.15) is 25.7 Å². The number of ether oxygens (including phenoxy) is 1. The van der Waals surface area contributed by atoms with Crippen LogP contribution >= 0.6 is 0 Å². The highest BCUT2D eigenvalue weighted by molar-refractivity contribution is 6.50. The molecule has 1 fully saturated rings. The second-order valence-electron chi connectivity index (χ2n) is 7.84. The zero-order valence-corrected chi connectivity index (χ0v) is 16.2. The Labute approximate surface area is 164 Å². The van der Waals surface area contributed by atoms with E-state index in [1.165, 1.54) is 32.4 Å². The fourth-order valence-corrected chi connectivity index (χ4v) is 3.84. The van der Waals surface area contributed by atoms with Crippen molar-refractivity contribution >= 4 is 28.4 Å². The number of Topliss-reactive ketones (excluding diaryl/α,β-unsaturated/α-hetero) is 1. The Hall–Kier alpha value is -2.80. The number of piperidine rings is 1. The average molecular weight is 380 g/mol. The van der Waals surface area contributed by atoms with Crippen molar-refractivity contribution in [2.75, 3.05) is 33.3 Å². The smallest absolute Gasteiger partial charge is 0.260 e. The molecule has 1 aliphatic carbocycles. The molecule has 0 atom stereocenters. The van der Waals surface area contributed by atoms with Crippen molar-refractivity contribution < 1.29 is 14.0 Å². The summed E-state index contributed by atoms with van der Waals surface area (Å²) in [6.45, 7) is 3.87.